The normalized spacial score (nSPS) is 12.1. The molecule has 0 saturated carbocycles. The zero-order chi connectivity index (χ0) is 26.6. The van der Waals surface area contributed by atoms with E-state index in [-0.39, 0.29) is 5.82 Å². The summed E-state index contributed by atoms with van der Waals surface area (Å²) in [6, 6.07) is 7.75. The van der Waals surface area contributed by atoms with Crippen LogP contribution in [0.15, 0.2) is 66.2 Å². The van der Waals surface area contributed by atoms with Crippen LogP contribution in [0.1, 0.15) is 54.7 Å². The molecule has 3 N–H and O–H groups in total. The Morgan fingerprint density at radius 2 is 2.03 bits per heavy atom. The topological polar surface area (TPSA) is 65.6 Å². The molecular formula is C30H34FN5S. The van der Waals surface area contributed by atoms with E-state index in [0.717, 1.165) is 57.1 Å². The molecule has 0 saturated heterocycles. The van der Waals surface area contributed by atoms with Gasteiger partial charge in [0.2, 0.25) is 0 Å². The predicted molar refractivity (Wildman–Crippen MR) is 154 cm³/mol. The van der Waals surface area contributed by atoms with Gasteiger partial charge in [0, 0.05) is 48.2 Å². The molecule has 1 aromatic carbocycles. The number of halogens is 1. The average Bonchev–Trinajstić information content (AvgIpc) is 3.56. The highest BCUT2D eigenvalue weighted by Gasteiger charge is 2.32. The van der Waals surface area contributed by atoms with E-state index < -0.39 is 5.41 Å². The molecule has 0 aliphatic heterocycles. The van der Waals surface area contributed by atoms with Gasteiger partial charge in [-0.15, -0.1) is 0 Å². The summed E-state index contributed by atoms with van der Waals surface area (Å²) in [5.74, 6) is 0.450. The number of aryl methyl sites for hydroxylation is 1. The Labute approximate surface area is 222 Å². The smallest absolute Gasteiger partial charge is 0.147 e. The van der Waals surface area contributed by atoms with Crippen LogP contribution in [0, 0.1) is 12.7 Å². The molecule has 3 aromatic heterocycles. The number of hydrogen-bond donors (Lipinski definition) is 3. The number of hydrogen-bond acceptors (Lipinski definition) is 5. The molecule has 0 aliphatic rings. The third kappa shape index (κ3) is 5.43. The fraction of sp³-hybridized carbons (Fsp3) is 0.267. The van der Waals surface area contributed by atoms with Crippen LogP contribution in [0.2, 0.25) is 0 Å². The van der Waals surface area contributed by atoms with Crippen LogP contribution in [0.4, 0.5) is 10.1 Å². The Morgan fingerprint density at radius 3 is 2.70 bits per heavy atom. The lowest BCUT2D eigenvalue weighted by Crippen LogP contribution is -2.23. The lowest BCUT2D eigenvalue weighted by Gasteiger charge is -2.27. The summed E-state index contributed by atoms with van der Waals surface area (Å²) in [7, 11) is 1.75. The Bertz CT molecular complexity index is 1420. The van der Waals surface area contributed by atoms with E-state index >= 15 is 4.39 Å². The molecule has 192 valence electrons. The van der Waals surface area contributed by atoms with Crippen LogP contribution >= 0.6 is 11.3 Å². The van der Waals surface area contributed by atoms with E-state index in [2.05, 4.69) is 70.8 Å². The van der Waals surface area contributed by atoms with Gasteiger partial charge in [-0.1, -0.05) is 25.7 Å². The maximum atomic E-state index is 15.5. The van der Waals surface area contributed by atoms with Gasteiger partial charge in [0.05, 0.1) is 11.4 Å². The highest BCUT2D eigenvalue weighted by Crippen LogP contribution is 2.40. The summed E-state index contributed by atoms with van der Waals surface area (Å²) < 4.78 is 15.5. The van der Waals surface area contributed by atoms with Gasteiger partial charge in [0.25, 0.3) is 0 Å². The zero-order valence-corrected chi connectivity index (χ0v) is 22.9. The number of nitrogens with one attached hydrogen (secondary N) is 3. The molecule has 0 radical (unpaired) electrons. The fourth-order valence-corrected chi connectivity index (χ4v) is 5.18. The van der Waals surface area contributed by atoms with Gasteiger partial charge in [-0.25, -0.2) is 9.37 Å². The van der Waals surface area contributed by atoms with Crippen molar-refractivity contribution in [3.8, 4) is 11.1 Å². The molecule has 5 nitrogen and oxygen atoms in total. The number of imidazole rings is 1. The summed E-state index contributed by atoms with van der Waals surface area (Å²) in [6.45, 7) is 13.7. The van der Waals surface area contributed by atoms with E-state index in [1.54, 1.807) is 36.7 Å². The lowest BCUT2D eigenvalue weighted by atomic mass is 9.81. The number of thiophene rings is 1. The first-order chi connectivity index (χ1) is 17.8. The van der Waals surface area contributed by atoms with Crippen molar-refractivity contribution >= 4 is 22.6 Å². The SMILES string of the molecule is C=C/C=C(/c1ccsc1)c1nc(C(C)(C)c2cc(-c3cncc(CNCC)c3)cc(F)c2NC)[nH]c1C. The first-order valence-corrected chi connectivity index (χ1v) is 13.3. The highest BCUT2D eigenvalue weighted by atomic mass is 32.1. The van der Waals surface area contributed by atoms with Crippen LogP contribution in [0.25, 0.3) is 16.7 Å². The summed E-state index contributed by atoms with van der Waals surface area (Å²) in [5.41, 5.74) is 7.27. The van der Waals surface area contributed by atoms with Crippen molar-refractivity contribution in [1.82, 2.24) is 20.3 Å². The standard InChI is InChI=1S/C30H34FN5S/c1-7-9-24(21-10-11-37-18-21)27-19(3)35-29(36-27)30(4,5)25-13-22(14-26(31)28(25)32-6)23-12-20(15-33-8-2)16-34-17-23/h7,9-14,16-18,32-33H,1,8,15H2,2-6H3,(H,35,36)/b24-9-. The Balaban J connectivity index is 1.81. The Morgan fingerprint density at radius 1 is 1.22 bits per heavy atom. The number of benzene rings is 1. The number of aromatic nitrogens is 3. The van der Waals surface area contributed by atoms with Gasteiger partial charge in [0.1, 0.15) is 11.6 Å². The minimum atomic E-state index is -0.624. The third-order valence-corrected chi connectivity index (χ3v) is 7.25. The van der Waals surface area contributed by atoms with E-state index in [1.165, 1.54) is 0 Å². The van der Waals surface area contributed by atoms with Crippen molar-refractivity contribution in [2.24, 2.45) is 0 Å². The molecule has 7 heteroatoms. The number of aromatic amines is 1. The molecule has 0 bridgehead atoms. The highest BCUT2D eigenvalue weighted by molar-refractivity contribution is 7.08. The zero-order valence-electron chi connectivity index (χ0n) is 22.1. The lowest BCUT2D eigenvalue weighted by molar-refractivity contribution is 0.583. The van der Waals surface area contributed by atoms with Crippen molar-refractivity contribution in [2.75, 3.05) is 18.9 Å². The molecule has 0 amide bonds. The summed E-state index contributed by atoms with van der Waals surface area (Å²) in [6.07, 6.45) is 7.38. The van der Waals surface area contributed by atoms with Crippen molar-refractivity contribution in [3.63, 3.8) is 0 Å². The van der Waals surface area contributed by atoms with E-state index in [1.807, 2.05) is 25.3 Å². The monoisotopic (exact) mass is 515 g/mol. The Kier molecular flexibility index (Phi) is 8.05. The number of H-pyrrole nitrogens is 1. The van der Waals surface area contributed by atoms with Crippen molar-refractivity contribution in [2.45, 2.75) is 39.7 Å². The fourth-order valence-electron chi connectivity index (χ4n) is 4.53. The molecular weight excluding hydrogens is 481 g/mol. The van der Waals surface area contributed by atoms with Crippen molar-refractivity contribution < 1.29 is 4.39 Å². The summed E-state index contributed by atoms with van der Waals surface area (Å²) in [4.78, 5) is 12.9. The molecule has 3 heterocycles. The number of nitrogens with zero attached hydrogens (tertiary/aromatic N) is 2. The molecule has 0 fully saturated rings. The minimum Gasteiger partial charge on any atom is -0.386 e. The molecule has 0 spiro atoms. The van der Waals surface area contributed by atoms with Gasteiger partial charge in [-0.05, 0) is 84.6 Å². The molecule has 0 unspecified atom stereocenters. The maximum Gasteiger partial charge on any atom is 0.147 e. The van der Waals surface area contributed by atoms with Crippen LogP contribution in [0.5, 0.6) is 0 Å². The molecule has 4 aromatic rings. The predicted octanol–water partition coefficient (Wildman–Crippen LogP) is 7.08. The molecule has 37 heavy (non-hydrogen) atoms. The van der Waals surface area contributed by atoms with Crippen LogP contribution < -0.4 is 10.6 Å². The van der Waals surface area contributed by atoms with Crippen molar-refractivity contribution in [3.05, 3.63) is 106 Å². The molecule has 4 rings (SSSR count). The summed E-state index contributed by atoms with van der Waals surface area (Å²) in [5, 5.41) is 10.6. The van der Waals surface area contributed by atoms with Gasteiger partial charge in [0.15, 0.2) is 0 Å². The van der Waals surface area contributed by atoms with Gasteiger partial charge < -0.3 is 15.6 Å². The van der Waals surface area contributed by atoms with Gasteiger partial charge in [-0.2, -0.15) is 11.3 Å². The number of anilines is 1. The quantitative estimate of drug-likeness (QED) is 0.198. The second-order valence-electron chi connectivity index (χ2n) is 9.50. The number of pyridine rings is 1. The number of allylic oxidation sites excluding steroid dienone is 2. The van der Waals surface area contributed by atoms with E-state index in [0.29, 0.717) is 12.2 Å². The molecule has 0 atom stereocenters. The van der Waals surface area contributed by atoms with Crippen molar-refractivity contribution in [1.29, 1.82) is 0 Å². The maximum absolute atomic E-state index is 15.5. The average molecular weight is 516 g/mol. The number of rotatable bonds is 10. The van der Waals surface area contributed by atoms with Gasteiger partial charge in [-0.3, -0.25) is 4.98 Å². The summed E-state index contributed by atoms with van der Waals surface area (Å²) >= 11 is 1.64. The molecule has 0 aliphatic carbocycles. The van der Waals surface area contributed by atoms with E-state index in [9.17, 15) is 0 Å². The first kappa shape index (κ1) is 26.5. The first-order valence-electron chi connectivity index (χ1n) is 12.4. The second kappa shape index (κ2) is 11.2. The van der Waals surface area contributed by atoms with Crippen LogP contribution in [-0.2, 0) is 12.0 Å². The van der Waals surface area contributed by atoms with Crippen LogP contribution in [0.3, 0.4) is 0 Å². The van der Waals surface area contributed by atoms with Gasteiger partial charge >= 0.3 is 0 Å². The van der Waals surface area contributed by atoms with E-state index in [4.69, 9.17) is 4.98 Å². The van der Waals surface area contributed by atoms with Crippen LogP contribution in [-0.4, -0.2) is 28.5 Å². The Hall–Kier alpha value is -3.55. The minimum absolute atomic E-state index is 0.311. The largest absolute Gasteiger partial charge is 0.386 e. The third-order valence-electron chi connectivity index (χ3n) is 6.57. The second-order valence-corrected chi connectivity index (χ2v) is 10.3.